The van der Waals surface area contributed by atoms with Crippen LogP contribution >= 0.6 is 11.6 Å². The van der Waals surface area contributed by atoms with Crippen molar-refractivity contribution < 1.29 is 4.74 Å². The molecule has 0 aliphatic carbocycles. The molecule has 0 radical (unpaired) electrons. The monoisotopic (exact) mass is 382 g/mol. The summed E-state index contributed by atoms with van der Waals surface area (Å²) < 4.78 is 6.43. The molecule has 4 nitrogen and oxygen atoms in total. The number of rotatable bonds is 4. The predicted molar refractivity (Wildman–Crippen MR) is 114 cm³/mol. The predicted octanol–water partition coefficient (Wildman–Crippen LogP) is 4.80. The molecule has 27 heavy (non-hydrogen) atoms. The van der Waals surface area contributed by atoms with Gasteiger partial charge in [-0.05, 0) is 35.9 Å². The standard InChI is InChI=1S/C22H25ClN3O/c1-26(22-11-10-19(24-22)17-6-5-7-18(23)16-17)14-12-25(13-15-26)20-8-3-4-9-21(20)27-2/h3-11,16,24H,12-15H2,1-2H3/q+1. The number of aromatic amines is 1. The largest absolute Gasteiger partial charge is 0.495 e. The van der Waals surface area contributed by atoms with Gasteiger partial charge in [-0.3, -0.25) is 4.48 Å². The third-order valence-electron chi connectivity index (χ3n) is 5.54. The minimum Gasteiger partial charge on any atom is -0.495 e. The van der Waals surface area contributed by atoms with Crippen LogP contribution in [0.15, 0.2) is 60.7 Å². The number of halogens is 1. The van der Waals surface area contributed by atoms with Crippen LogP contribution in [-0.2, 0) is 0 Å². The summed E-state index contributed by atoms with van der Waals surface area (Å²) >= 11 is 6.14. The fraction of sp³-hybridized carbons (Fsp3) is 0.273. The summed E-state index contributed by atoms with van der Waals surface area (Å²) in [5.74, 6) is 2.18. The van der Waals surface area contributed by atoms with E-state index in [1.165, 1.54) is 11.5 Å². The molecule has 0 amide bonds. The molecular formula is C22H25ClN3O+. The Morgan fingerprint density at radius 2 is 1.78 bits per heavy atom. The molecule has 0 atom stereocenters. The molecule has 1 fully saturated rings. The van der Waals surface area contributed by atoms with Crippen molar-refractivity contribution in [1.82, 2.24) is 9.47 Å². The van der Waals surface area contributed by atoms with Crippen molar-refractivity contribution in [3.05, 3.63) is 65.7 Å². The normalized spacial score (nSPS) is 16.3. The highest BCUT2D eigenvalue weighted by Crippen LogP contribution is 2.32. The average Bonchev–Trinajstić information content (AvgIpc) is 3.20. The first-order valence-corrected chi connectivity index (χ1v) is 9.65. The van der Waals surface area contributed by atoms with Gasteiger partial charge in [-0.1, -0.05) is 35.9 Å². The Balaban J connectivity index is 1.51. The Labute approximate surface area is 165 Å². The van der Waals surface area contributed by atoms with Crippen LogP contribution in [0, 0.1) is 0 Å². The quantitative estimate of drug-likeness (QED) is 0.656. The molecule has 140 valence electrons. The van der Waals surface area contributed by atoms with Crippen LogP contribution in [0.5, 0.6) is 5.75 Å². The van der Waals surface area contributed by atoms with E-state index in [2.05, 4.69) is 47.3 Å². The fourth-order valence-electron chi connectivity index (χ4n) is 3.80. The first-order valence-electron chi connectivity index (χ1n) is 9.27. The molecule has 5 heteroatoms. The van der Waals surface area contributed by atoms with Crippen molar-refractivity contribution in [1.29, 1.82) is 0 Å². The number of H-pyrrole nitrogens is 1. The molecule has 0 spiro atoms. The summed E-state index contributed by atoms with van der Waals surface area (Å²) in [5, 5.41) is 0.759. The number of hydrogen-bond donors (Lipinski definition) is 1. The second-order valence-corrected chi connectivity index (χ2v) is 7.71. The van der Waals surface area contributed by atoms with Gasteiger partial charge in [-0.25, -0.2) is 0 Å². The van der Waals surface area contributed by atoms with Crippen LogP contribution in [0.3, 0.4) is 0 Å². The van der Waals surface area contributed by atoms with E-state index in [4.69, 9.17) is 16.3 Å². The lowest BCUT2D eigenvalue weighted by molar-refractivity contribution is 0.301. The molecule has 2 heterocycles. The number of nitrogens with one attached hydrogen (secondary N) is 1. The maximum atomic E-state index is 6.14. The number of ether oxygens (including phenoxy) is 1. The zero-order valence-corrected chi connectivity index (χ0v) is 16.5. The van der Waals surface area contributed by atoms with Crippen LogP contribution in [0.4, 0.5) is 11.5 Å². The lowest BCUT2D eigenvalue weighted by Gasteiger charge is -2.41. The first kappa shape index (κ1) is 18.0. The average molecular weight is 383 g/mol. The van der Waals surface area contributed by atoms with Gasteiger partial charge < -0.3 is 14.6 Å². The molecule has 0 unspecified atom stereocenters. The van der Waals surface area contributed by atoms with E-state index in [0.29, 0.717) is 0 Å². The summed E-state index contributed by atoms with van der Waals surface area (Å²) in [6.45, 7) is 4.05. The van der Waals surface area contributed by atoms with Crippen LogP contribution in [0.2, 0.25) is 5.02 Å². The van der Waals surface area contributed by atoms with E-state index >= 15 is 0 Å². The van der Waals surface area contributed by atoms with E-state index in [0.717, 1.165) is 52.7 Å². The van der Waals surface area contributed by atoms with Gasteiger partial charge in [0.2, 0.25) is 5.82 Å². The smallest absolute Gasteiger partial charge is 0.205 e. The van der Waals surface area contributed by atoms with Crippen molar-refractivity contribution in [2.45, 2.75) is 0 Å². The highest BCUT2D eigenvalue weighted by atomic mass is 35.5. The zero-order chi connectivity index (χ0) is 18.9. The van der Waals surface area contributed by atoms with Crippen molar-refractivity contribution >= 4 is 23.1 Å². The number of aromatic nitrogens is 1. The number of likely N-dealkylation sites (N-methyl/N-ethyl adjacent to an activating group) is 1. The van der Waals surface area contributed by atoms with E-state index in [1.54, 1.807) is 7.11 Å². The third-order valence-corrected chi connectivity index (χ3v) is 5.78. The molecule has 2 aromatic carbocycles. The van der Waals surface area contributed by atoms with Crippen LogP contribution < -0.4 is 14.1 Å². The molecule has 0 saturated carbocycles. The van der Waals surface area contributed by atoms with Gasteiger partial charge in [0.25, 0.3) is 0 Å². The molecule has 1 aromatic heterocycles. The molecular weight excluding hydrogens is 358 g/mol. The first-order chi connectivity index (χ1) is 13.1. The van der Waals surface area contributed by atoms with Crippen LogP contribution in [0.1, 0.15) is 0 Å². The number of benzene rings is 2. The Bertz CT molecular complexity index is 929. The van der Waals surface area contributed by atoms with Gasteiger partial charge in [-0.2, -0.15) is 0 Å². The number of anilines is 1. The number of nitrogens with zero attached hydrogens (tertiary/aromatic N) is 2. The lowest BCUT2D eigenvalue weighted by atomic mass is 10.2. The molecule has 3 aromatic rings. The molecule has 1 aliphatic heterocycles. The second-order valence-electron chi connectivity index (χ2n) is 7.27. The SMILES string of the molecule is COc1ccccc1N1CC[N+](C)(c2ccc(-c3cccc(Cl)c3)[nH]2)CC1. The van der Waals surface area contributed by atoms with Gasteiger partial charge >= 0.3 is 0 Å². The van der Waals surface area contributed by atoms with Gasteiger partial charge in [0, 0.05) is 11.1 Å². The minimum atomic E-state index is 0.759. The lowest BCUT2D eigenvalue weighted by Crippen LogP contribution is -2.58. The number of quaternary nitrogens is 1. The number of hydrogen-bond acceptors (Lipinski definition) is 2. The second kappa shape index (κ2) is 7.29. The van der Waals surface area contributed by atoms with Crippen molar-refractivity contribution in [2.24, 2.45) is 0 Å². The van der Waals surface area contributed by atoms with Gasteiger partial charge in [0.1, 0.15) is 18.8 Å². The zero-order valence-electron chi connectivity index (χ0n) is 15.8. The van der Waals surface area contributed by atoms with Crippen LogP contribution in [0.25, 0.3) is 11.3 Å². The number of para-hydroxylation sites is 2. The maximum Gasteiger partial charge on any atom is 0.205 e. The minimum absolute atomic E-state index is 0.759. The Kier molecular flexibility index (Phi) is 4.85. The van der Waals surface area contributed by atoms with E-state index < -0.39 is 0 Å². The Morgan fingerprint density at radius 3 is 2.52 bits per heavy atom. The summed E-state index contributed by atoms with van der Waals surface area (Å²) in [5.41, 5.74) is 3.41. The molecule has 4 rings (SSSR count). The van der Waals surface area contributed by atoms with Crippen molar-refractivity contribution in [2.75, 3.05) is 45.2 Å². The highest BCUT2D eigenvalue weighted by Gasteiger charge is 2.33. The van der Waals surface area contributed by atoms with Gasteiger partial charge in [-0.15, -0.1) is 0 Å². The van der Waals surface area contributed by atoms with E-state index in [-0.39, 0.29) is 0 Å². The Morgan fingerprint density at radius 1 is 1.00 bits per heavy atom. The maximum absolute atomic E-state index is 6.14. The van der Waals surface area contributed by atoms with E-state index in [1.807, 2.05) is 30.3 Å². The topological polar surface area (TPSA) is 28.3 Å². The van der Waals surface area contributed by atoms with E-state index in [9.17, 15) is 0 Å². The van der Waals surface area contributed by atoms with Crippen molar-refractivity contribution in [3.8, 4) is 17.0 Å². The molecule has 1 N–H and O–H groups in total. The fourth-order valence-corrected chi connectivity index (χ4v) is 3.99. The summed E-state index contributed by atoms with van der Waals surface area (Å²) in [6.07, 6.45) is 0. The van der Waals surface area contributed by atoms with Crippen molar-refractivity contribution in [3.63, 3.8) is 0 Å². The summed E-state index contributed by atoms with van der Waals surface area (Å²) in [4.78, 5) is 6.03. The van der Waals surface area contributed by atoms with Gasteiger partial charge in [0.05, 0.1) is 38.6 Å². The van der Waals surface area contributed by atoms with Crippen LogP contribution in [-0.4, -0.2) is 45.3 Å². The summed E-state index contributed by atoms with van der Waals surface area (Å²) in [7, 11) is 4.03. The number of piperazine rings is 1. The highest BCUT2D eigenvalue weighted by molar-refractivity contribution is 6.30. The molecule has 1 aliphatic rings. The Hall–Kier alpha value is -2.43. The van der Waals surface area contributed by atoms with Gasteiger partial charge in [0.15, 0.2) is 0 Å². The number of methoxy groups -OCH3 is 1. The molecule has 1 saturated heterocycles. The third kappa shape index (κ3) is 3.55. The molecule has 0 bridgehead atoms. The summed E-state index contributed by atoms with van der Waals surface area (Å²) in [6, 6.07) is 20.6.